The van der Waals surface area contributed by atoms with Gasteiger partial charge in [-0.3, -0.25) is 4.79 Å². The second-order valence-corrected chi connectivity index (χ2v) is 5.15. The number of carbonyl (C=O) groups excluding carboxylic acids is 1. The van der Waals surface area contributed by atoms with Gasteiger partial charge in [0.15, 0.2) is 17.7 Å². The van der Waals surface area contributed by atoms with Gasteiger partial charge in [-0.2, -0.15) is 0 Å². The number of nitrogens with one attached hydrogen (secondary N) is 1. The Kier molecular flexibility index (Phi) is 4.75. The van der Waals surface area contributed by atoms with Gasteiger partial charge in [-0.25, -0.2) is 8.78 Å². The molecule has 1 atom stereocenters. The maximum absolute atomic E-state index is 13.1. The van der Waals surface area contributed by atoms with E-state index in [1.807, 2.05) is 32.0 Å². The van der Waals surface area contributed by atoms with Gasteiger partial charge in [0.05, 0.1) is 0 Å². The van der Waals surface area contributed by atoms with Gasteiger partial charge in [-0.05, 0) is 50.1 Å². The number of hydrogen-bond acceptors (Lipinski definition) is 2. The number of ether oxygens (including phenoxy) is 1. The Morgan fingerprint density at radius 2 is 1.82 bits per heavy atom. The average Bonchev–Trinajstić information content (AvgIpc) is 2.46. The summed E-state index contributed by atoms with van der Waals surface area (Å²) in [6.07, 6.45) is -0.770. The van der Waals surface area contributed by atoms with Crippen LogP contribution < -0.4 is 10.1 Å². The molecule has 0 saturated heterocycles. The van der Waals surface area contributed by atoms with Crippen molar-refractivity contribution in [2.24, 2.45) is 0 Å². The monoisotopic (exact) mass is 305 g/mol. The summed E-state index contributed by atoms with van der Waals surface area (Å²) in [4.78, 5) is 12.1. The predicted molar refractivity (Wildman–Crippen MR) is 81.0 cm³/mol. The molecule has 22 heavy (non-hydrogen) atoms. The summed E-state index contributed by atoms with van der Waals surface area (Å²) in [6.45, 7) is 5.41. The van der Waals surface area contributed by atoms with Crippen LogP contribution >= 0.6 is 0 Å². The lowest BCUT2D eigenvalue weighted by atomic mass is 10.1. The highest BCUT2D eigenvalue weighted by atomic mass is 19.2. The largest absolute Gasteiger partial charge is 0.481 e. The van der Waals surface area contributed by atoms with Crippen molar-refractivity contribution >= 4 is 11.6 Å². The fourth-order valence-electron chi connectivity index (χ4n) is 1.90. The Morgan fingerprint density at radius 1 is 1.09 bits per heavy atom. The van der Waals surface area contributed by atoms with Gasteiger partial charge in [0.2, 0.25) is 0 Å². The number of rotatable bonds is 4. The Morgan fingerprint density at radius 3 is 2.50 bits per heavy atom. The van der Waals surface area contributed by atoms with Crippen molar-refractivity contribution < 1.29 is 18.3 Å². The van der Waals surface area contributed by atoms with Crippen molar-refractivity contribution in [1.29, 1.82) is 0 Å². The van der Waals surface area contributed by atoms with Crippen LogP contribution in [-0.2, 0) is 4.79 Å². The number of anilines is 1. The average molecular weight is 305 g/mol. The van der Waals surface area contributed by atoms with E-state index < -0.39 is 23.6 Å². The molecule has 116 valence electrons. The van der Waals surface area contributed by atoms with E-state index in [-0.39, 0.29) is 5.69 Å². The molecule has 2 aromatic carbocycles. The fraction of sp³-hybridized carbons (Fsp3) is 0.235. The summed E-state index contributed by atoms with van der Waals surface area (Å²) in [5.74, 6) is -1.79. The topological polar surface area (TPSA) is 38.3 Å². The van der Waals surface area contributed by atoms with Crippen molar-refractivity contribution in [2.45, 2.75) is 26.9 Å². The molecule has 0 radical (unpaired) electrons. The van der Waals surface area contributed by atoms with Crippen molar-refractivity contribution in [3.8, 4) is 5.75 Å². The molecule has 2 rings (SSSR count). The molecule has 0 fully saturated rings. The second-order valence-electron chi connectivity index (χ2n) is 5.15. The summed E-state index contributed by atoms with van der Waals surface area (Å²) < 4.78 is 31.6. The first-order chi connectivity index (χ1) is 10.4. The molecule has 0 unspecified atom stereocenters. The Labute approximate surface area is 127 Å². The minimum Gasteiger partial charge on any atom is -0.481 e. The maximum atomic E-state index is 13.1. The smallest absolute Gasteiger partial charge is 0.265 e. The fourth-order valence-corrected chi connectivity index (χ4v) is 1.90. The number of carbonyl (C=O) groups is 1. The molecular formula is C17H17F2NO2. The molecule has 2 aromatic rings. The van der Waals surface area contributed by atoms with E-state index in [2.05, 4.69) is 5.32 Å². The van der Waals surface area contributed by atoms with Crippen LogP contribution in [0.1, 0.15) is 18.1 Å². The third-order valence-corrected chi connectivity index (χ3v) is 3.20. The van der Waals surface area contributed by atoms with Crippen LogP contribution in [0.2, 0.25) is 0 Å². The first kappa shape index (κ1) is 15.9. The molecular weight excluding hydrogens is 288 g/mol. The van der Waals surface area contributed by atoms with Gasteiger partial charge in [-0.15, -0.1) is 0 Å². The first-order valence-corrected chi connectivity index (χ1v) is 6.86. The molecule has 1 N–H and O–H groups in total. The quantitative estimate of drug-likeness (QED) is 0.927. The third kappa shape index (κ3) is 3.81. The highest BCUT2D eigenvalue weighted by molar-refractivity contribution is 5.94. The normalized spacial score (nSPS) is 11.9. The van der Waals surface area contributed by atoms with E-state index in [0.717, 1.165) is 23.3 Å². The van der Waals surface area contributed by atoms with Crippen LogP contribution in [0, 0.1) is 25.5 Å². The first-order valence-electron chi connectivity index (χ1n) is 6.86. The lowest BCUT2D eigenvalue weighted by Crippen LogP contribution is -2.30. The standard InChI is InChI=1S/C17H17F2NO2/c1-10-4-5-11(2)16(8-10)22-12(3)17(21)20-13-6-7-14(18)15(19)9-13/h4-9,12H,1-3H3,(H,20,21)/t12-/m0/s1. The van der Waals surface area contributed by atoms with Gasteiger partial charge in [0.1, 0.15) is 5.75 Å². The van der Waals surface area contributed by atoms with Crippen molar-refractivity contribution in [3.05, 3.63) is 59.2 Å². The zero-order chi connectivity index (χ0) is 16.3. The second kappa shape index (κ2) is 6.56. The molecule has 3 nitrogen and oxygen atoms in total. The highest BCUT2D eigenvalue weighted by Gasteiger charge is 2.16. The van der Waals surface area contributed by atoms with Gasteiger partial charge in [0, 0.05) is 11.8 Å². The van der Waals surface area contributed by atoms with Crippen molar-refractivity contribution in [3.63, 3.8) is 0 Å². The summed E-state index contributed by atoms with van der Waals surface area (Å²) in [5.41, 5.74) is 2.12. The summed E-state index contributed by atoms with van der Waals surface area (Å²) in [7, 11) is 0. The van der Waals surface area contributed by atoms with E-state index in [4.69, 9.17) is 4.74 Å². The van der Waals surface area contributed by atoms with Crippen LogP contribution in [0.15, 0.2) is 36.4 Å². The lowest BCUT2D eigenvalue weighted by Gasteiger charge is -2.16. The summed E-state index contributed by atoms with van der Waals surface area (Å²) >= 11 is 0. The molecule has 5 heteroatoms. The van der Waals surface area contributed by atoms with E-state index in [1.54, 1.807) is 6.92 Å². The molecule has 0 heterocycles. The van der Waals surface area contributed by atoms with Crippen LogP contribution in [0.4, 0.5) is 14.5 Å². The van der Waals surface area contributed by atoms with Crippen LogP contribution in [-0.4, -0.2) is 12.0 Å². The third-order valence-electron chi connectivity index (χ3n) is 3.20. The molecule has 0 aliphatic rings. The number of benzene rings is 2. The molecule has 0 saturated carbocycles. The highest BCUT2D eigenvalue weighted by Crippen LogP contribution is 2.21. The summed E-state index contributed by atoms with van der Waals surface area (Å²) in [5, 5.41) is 2.49. The van der Waals surface area contributed by atoms with E-state index in [9.17, 15) is 13.6 Å². The molecule has 0 aliphatic heterocycles. The predicted octanol–water partition coefficient (Wildman–Crippen LogP) is 3.99. The van der Waals surface area contributed by atoms with Gasteiger partial charge >= 0.3 is 0 Å². The molecule has 0 spiro atoms. The Balaban J connectivity index is 2.05. The van der Waals surface area contributed by atoms with Gasteiger partial charge < -0.3 is 10.1 Å². The van der Waals surface area contributed by atoms with Gasteiger partial charge in [0.25, 0.3) is 5.91 Å². The van der Waals surface area contributed by atoms with E-state index in [0.29, 0.717) is 5.75 Å². The van der Waals surface area contributed by atoms with E-state index >= 15 is 0 Å². The maximum Gasteiger partial charge on any atom is 0.265 e. The van der Waals surface area contributed by atoms with Crippen molar-refractivity contribution in [1.82, 2.24) is 0 Å². The summed E-state index contributed by atoms with van der Waals surface area (Å²) in [6, 6.07) is 8.88. The minimum atomic E-state index is -1.01. The lowest BCUT2D eigenvalue weighted by molar-refractivity contribution is -0.122. The van der Waals surface area contributed by atoms with Crippen LogP contribution in [0.3, 0.4) is 0 Å². The molecule has 0 aromatic heterocycles. The zero-order valence-corrected chi connectivity index (χ0v) is 12.6. The number of amides is 1. The number of halogens is 2. The minimum absolute atomic E-state index is 0.181. The SMILES string of the molecule is Cc1ccc(C)c(O[C@@H](C)C(=O)Nc2ccc(F)c(F)c2)c1. The zero-order valence-electron chi connectivity index (χ0n) is 12.6. The Bertz CT molecular complexity index is 701. The molecule has 0 aliphatic carbocycles. The Hall–Kier alpha value is -2.43. The molecule has 1 amide bonds. The number of hydrogen-bond donors (Lipinski definition) is 1. The number of aryl methyl sites for hydroxylation is 2. The van der Waals surface area contributed by atoms with Crippen LogP contribution in [0.5, 0.6) is 5.75 Å². The van der Waals surface area contributed by atoms with Gasteiger partial charge in [-0.1, -0.05) is 12.1 Å². The molecule has 0 bridgehead atoms. The van der Waals surface area contributed by atoms with Crippen molar-refractivity contribution in [2.75, 3.05) is 5.32 Å². The van der Waals surface area contributed by atoms with Crippen LogP contribution in [0.25, 0.3) is 0 Å². The van der Waals surface area contributed by atoms with E-state index in [1.165, 1.54) is 6.07 Å².